The lowest BCUT2D eigenvalue weighted by atomic mass is 10.0. The molecule has 0 amide bonds. The lowest BCUT2D eigenvalue weighted by Gasteiger charge is -2.12. The zero-order chi connectivity index (χ0) is 15.4. The van der Waals surface area contributed by atoms with E-state index in [9.17, 15) is 8.78 Å². The van der Waals surface area contributed by atoms with Crippen LogP contribution >= 0.6 is 0 Å². The van der Waals surface area contributed by atoms with E-state index in [2.05, 4.69) is 18.9 Å². The molecule has 2 N–H and O–H groups in total. The zero-order valence-electron chi connectivity index (χ0n) is 12.4. The summed E-state index contributed by atoms with van der Waals surface area (Å²) in [5.74, 6) is -1.64. The maximum Gasteiger partial charge on any atom is 0.162 e. The fraction of sp³-hybridized carbons (Fsp3) is 0.438. The molecular formula is C16H21F2N3. The van der Waals surface area contributed by atoms with E-state index in [0.717, 1.165) is 18.2 Å². The SMILES string of the molecule is CCC(C)n1ccc(CC(N)Cc2cccc(F)c2F)n1. The van der Waals surface area contributed by atoms with Crippen molar-refractivity contribution in [1.82, 2.24) is 9.78 Å². The van der Waals surface area contributed by atoms with E-state index in [1.807, 2.05) is 16.9 Å². The topological polar surface area (TPSA) is 43.8 Å². The third kappa shape index (κ3) is 3.88. The van der Waals surface area contributed by atoms with Gasteiger partial charge in [-0.25, -0.2) is 8.78 Å². The van der Waals surface area contributed by atoms with Gasteiger partial charge in [-0.2, -0.15) is 5.10 Å². The fourth-order valence-corrected chi connectivity index (χ4v) is 2.25. The predicted octanol–water partition coefficient (Wildman–Crippen LogP) is 3.24. The first-order valence-electron chi connectivity index (χ1n) is 7.23. The summed E-state index contributed by atoms with van der Waals surface area (Å²) < 4.78 is 28.7. The molecule has 0 bridgehead atoms. The molecule has 1 heterocycles. The second kappa shape index (κ2) is 6.80. The van der Waals surface area contributed by atoms with Crippen LogP contribution in [0.4, 0.5) is 8.78 Å². The molecule has 1 aromatic carbocycles. The Hall–Kier alpha value is -1.75. The van der Waals surface area contributed by atoms with Gasteiger partial charge in [0, 0.05) is 24.7 Å². The smallest absolute Gasteiger partial charge is 0.162 e. The van der Waals surface area contributed by atoms with Crippen LogP contribution in [0.15, 0.2) is 30.5 Å². The molecule has 0 saturated heterocycles. The van der Waals surface area contributed by atoms with Crippen molar-refractivity contribution in [3.05, 3.63) is 53.4 Å². The first kappa shape index (κ1) is 15.6. The standard InChI is InChI=1S/C16H21F2N3/c1-3-11(2)21-8-7-14(20-21)10-13(19)9-12-5-4-6-15(17)16(12)18/h4-8,11,13H,3,9-10,19H2,1-2H3. The maximum atomic E-state index is 13.6. The van der Waals surface area contributed by atoms with Crippen molar-refractivity contribution < 1.29 is 8.78 Å². The number of aromatic nitrogens is 2. The molecule has 0 aliphatic rings. The van der Waals surface area contributed by atoms with Crippen molar-refractivity contribution in [2.45, 2.75) is 45.2 Å². The summed E-state index contributed by atoms with van der Waals surface area (Å²) >= 11 is 0. The van der Waals surface area contributed by atoms with E-state index in [-0.39, 0.29) is 6.04 Å². The van der Waals surface area contributed by atoms with Gasteiger partial charge in [-0.3, -0.25) is 4.68 Å². The van der Waals surface area contributed by atoms with Crippen LogP contribution in [0.25, 0.3) is 0 Å². The van der Waals surface area contributed by atoms with Gasteiger partial charge in [0.2, 0.25) is 0 Å². The van der Waals surface area contributed by atoms with Gasteiger partial charge >= 0.3 is 0 Å². The molecule has 0 spiro atoms. The molecule has 2 aromatic rings. The minimum Gasteiger partial charge on any atom is -0.327 e. The van der Waals surface area contributed by atoms with Gasteiger partial charge in [0.05, 0.1) is 5.69 Å². The average Bonchev–Trinajstić information content (AvgIpc) is 2.91. The Labute approximate surface area is 123 Å². The Morgan fingerprint density at radius 2 is 2.00 bits per heavy atom. The first-order chi connectivity index (χ1) is 10.0. The van der Waals surface area contributed by atoms with Gasteiger partial charge < -0.3 is 5.73 Å². The summed E-state index contributed by atoms with van der Waals surface area (Å²) in [5.41, 5.74) is 7.22. The van der Waals surface area contributed by atoms with Crippen LogP contribution in [0.1, 0.15) is 37.6 Å². The van der Waals surface area contributed by atoms with Crippen LogP contribution in [0.2, 0.25) is 0 Å². The summed E-state index contributed by atoms with van der Waals surface area (Å²) in [6, 6.07) is 6.15. The fourth-order valence-electron chi connectivity index (χ4n) is 2.25. The molecule has 21 heavy (non-hydrogen) atoms. The van der Waals surface area contributed by atoms with Crippen molar-refractivity contribution in [2.75, 3.05) is 0 Å². The van der Waals surface area contributed by atoms with Crippen LogP contribution in [0.3, 0.4) is 0 Å². The third-order valence-corrected chi connectivity index (χ3v) is 3.69. The van der Waals surface area contributed by atoms with Crippen molar-refractivity contribution >= 4 is 0 Å². The number of hydrogen-bond acceptors (Lipinski definition) is 2. The molecule has 0 aliphatic carbocycles. The largest absolute Gasteiger partial charge is 0.327 e. The molecular weight excluding hydrogens is 272 g/mol. The number of benzene rings is 1. The van der Waals surface area contributed by atoms with Crippen molar-refractivity contribution in [3.8, 4) is 0 Å². The minimum atomic E-state index is -0.833. The highest BCUT2D eigenvalue weighted by Gasteiger charge is 2.13. The van der Waals surface area contributed by atoms with Gasteiger partial charge in [-0.1, -0.05) is 19.1 Å². The third-order valence-electron chi connectivity index (χ3n) is 3.69. The number of nitrogens with zero attached hydrogens (tertiary/aromatic N) is 2. The average molecular weight is 293 g/mol. The Balaban J connectivity index is 2.00. The van der Waals surface area contributed by atoms with Gasteiger partial charge in [-0.05, 0) is 37.5 Å². The summed E-state index contributed by atoms with van der Waals surface area (Å²) in [6.45, 7) is 4.20. The summed E-state index contributed by atoms with van der Waals surface area (Å²) in [5, 5.41) is 4.47. The van der Waals surface area contributed by atoms with Crippen LogP contribution in [0, 0.1) is 11.6 Å². The zero-order valence-corrected chi connectivity index (χ0v) is 12.4. The van der Waals surface area contributed by atoms with Gasteiger partial charge in [0.15, 0.2) is 11.6 Å². The Kier molecular flexibility index (Phi) is 5.07. The van der Waals surface area contributed by atoms with E-state index in [0.29, 0.717) is 24.4 Å². The minimum absolute atomic E-state index is 0.290. The maximum absolute atomic E-state index is 13.6. The highest BCUT2D eigenvalue weighted by molar-refractivity contribution is 5.20. The molecule has 0 saturated carbocycles. The van der Waals surface area contributed by atoms with E-state index in [1.54, 1.807) is 6.07 Å². The quantitative estimate of drug-likeness (QED) is 0.888. The molecule has 2 unspecified atom stereocenters. The van der Waals surface area contributed by atoms with Crippen molar-refractivity contribution in [1.29, 1.82) is 0 Å². The molecule has 0 radical (unpaired) electrons. The van der Waals surface area contributed by atoms with Gasteiger partial charge in [-0.15, -0.1) is 0 Å². The predicted molar refractivity (Wildman–Crippen MR) is 79.0 cm³/mol. The van der Waals surface area contributed by atoms with E-state index < -0.39 is 11.6 Å². The molecule has 5 heteroatoms. The van der Waals surface area contributed by atoms with Crippen LogP contribution < -0.4 is 5.73 Å². The molecule has 3 nitrogen and oxygen atoms in total. The summed E-state index contributed by atoms with van der Waals surface area (Å²) in [4.78, 5) is 0. The molecule has 2 rings (SSSR count). The Morgan fingerprint density at radius 1 is 1.24 bits per heavy atom. The molecule has 1 aromatic heterocycles. The van der Waals surface area contributed by atoms with Gasteiger partial charge in [0.25, 0.3) is 0 Å². The van der Waals surface area contributed by atoms with E-state index in [1.165, 1.54) is 6.07 Å². The highest BCUT2D eigenvalue weighted by Crippen LogP contribution is 2.15. The van der Waals surface area contributed by atoms with E-state index >= 15 is 0 Å². The molecule has 114 valence electrons. The summed E-state index contributed by atoms with van der Waals surface area (Å²) in [7, 11) is 0. The number of rotatable bonds is 6. The van der Waals surface area contributed by atoms with Gasteiger partial charge in [0.1, 0.15) is 0 Å². The lowest BCUT2D eigenvalue weighted by molar-refractivity contribution is 0.469. The second-order valence-corrected chi connectivity index (χ2v) is 5.43. The van der Waals surface area contributed by atoms with Crippen LogP contribution in [-0.4, -0.2) is 15.8 Å². The van der Waals surface area contributed by atoms with Crippen molar-refractivity contribution in [2.24, 2.45) is 5.73 Å². The van der Waals surface area contributed by atoms with Crippen LogP contribution in [-0.2, 0) is 12.8 Å². The summed E-state index contributed by atoms with van der Waals surface area (Å²) in [6.07, 6.45) is 3.76. The molecule has 2 atom stereocenters. The Morgan fingerprint density at radius 3 is 2.71 bits per heavy atom. The second-order valence-electron chi connectivity index (χ2n) is 5.43. The number of nitrogens with two attached hydrogens (primary N) is 1. The molecule has 0 fully saturated rings. The monoisotopic (exact) mass is 293 g/mol. The number of hydrogen-bond donors (Lipinski definition) is 1. The lowest BCUT2D eigenvalue weighted by Crippen LogP contribution is -2.26. The van der Waals surface area contributed by atoms with Crippen LogP contribution in [0.5, 0.6) is 0 Å². The first-order valence-corrected chi connectivity index (χ1v) is 7.23. The highest BCUT2D eigenvalue weighted by atomic mass is 19.2. The van der Waals surface area contributed by atoms with Crippen molar-refractivity contribution in [3.63, 3.8) is 0 Å². The van der Waals surface area contributed by atoms with E-state index in [4.69, 9.17) is 5.73 Å². The Bertz CT molecular complexity index is 595. The number of halogens is 2. The normalized spacial score (nSPS) is 14.1. The molecule has 0 aliphatic heterocycles.